The summed E-state index contributed by atoms with van der Waals surface area (Å²) in [6.07, 6.45) is -0.619. The Kier molecular flexibility index (Phi) is 3.53. The number of aliphatic hydroxyl groups is 1. The molecule has 2 nitrogen and oxygen atoms in total. The Labute approximate surface area is 89.7 Å². The van der Waals surface area contributed by atoms with Gasteiger partial charge in [-0.05, 0) is 43.5 Å². The minimum atomic E-state index is -0.619. The quantitative estimate of drug-likeness (QED) is 0.792. The maximum atomic E-state index is 9.83. The van der Waals surface area contributed by atoms with E-state index in [1.54, 1.807) is 6.92 Å². The van der Waals surface area contributed by atoms with Crippen LogP contribution in [-0.4, -0.2) is 11.1 Å². The van der Waals surface area contributed by atoms with Crippen molar-refractivity contribution < 1.29 is 5.11 Å². The molecular weight excluding hydrogens is 198 g/mol. The maximum absolute atomic E-state index is 9.83. The molecule has 0 fully saturated rings. The van der Waals surface area contributed by atoms with Crippen LogP contribution < -0.4 is 5.73 Å². The van der Waals surface area contributed by atoms with E-state index >= 15 is 0 Å². The number of aryl methyl sites for hydroxylation is 2. The molecule has 0 saturated heterocycles. The molecule has 14 heavy (non-hydrogen) atoms. The van der Waals surface area contributed by atoms with Crippen molar-refractivity contribution in [3.05, 3.63) is 33.8 Å². The third kappa shape index (κ3) is 2.27. The van der Waals surface area contributed by atoms with Crippen molar-refractivity contribution in [3.8, 4) is 0 Å². The van der Waals surface area contributed by atoms with Crippen LogP contribution in [0.4, 0.5) is 0 Å². The largest absolute Gasteiger partial charge is 0.387 e. The van der Waals surface area contributed by atoms with Crippen molar-refractivity contribution >= 4 is 11.6 Å². The molecule has 2 unspecified atom stereocenters. The lowest BCUT2D eigenvalue weighted by Gasteiger charge is -2.18. The summed E-state index contributed by atoms with van der Waals surface area (Å²) in [4.78, 5) is 0. The van der Waals surface area contributed by atoms with Gasteiger partial charge in [-0.25, -0.2) is 0 Å². The van der Waals surface area contributed by atoms with E-state index in [1.807, 2.05) is 26.0 Å². The van der Waals surface area contributed by atoms with E-state index in [2.05, 4.69) is 0 Å². The van der Waals surface area contributed by atoms with Crippen LogP contribution in [0.2, 0.25) is 5.02 Å². The van der Waals surface area contributed by atoms with Crippen LogP contribution in [0, 0.1) is 13.8 Å². The van der Waals surface area contributed by atoms with Crippen LogP contribution in [0.1, 0.15) is 29.7 Å². The number of aliphatic hydroxyl groups excluding tert-OH is 1. The van der Waals surface area contributed by atoms with Gasteiger partial charge in [0.25, 0.3) is 0 Å². The van der Waals surface area contributed by atoms with Crippen molar-refractivity contribution in [2.45, 2.75) is 32.9 Å². The first-order valence-corrected chi connectivity index (χ1v) is 5.01. The predicted octanol–water partition coefficient (Wildman–Crippen LogP) is 2.34. The van der Waals surface area contributed by atoms with Gasteiger partial charge in [0.1, 0.15) is 0 Å². The van der Waals surface area contributed by atoms with Gasteiger partial charge in [-0.15, -0.1) is 0 Å². The van der Waals surface area contributed by atoms with Crippen molar-refractivity contribution in [2.24, 2.45) is 5.73 Å². The summed E-state index contributed by atoms with van der Waals surface area (Å²) in [5.41, 5.74) is 8.45. The van der Waals surface area contributed by atoms with Gasteiger partial charge in [-0.2, -0.15) is 0 Å². The Bertz CT molecular complexity index is 336. The fourth-order valence-corrected chi connectivity index (χ4v) is 1.62. The molecule has 3 heteroatoms. The van der Waals surface area contributed by atoms with Crippen molar-refractivity contribution in [1.29, 1.82) is 0 Å². The number of rotatable bonds is 2. The lowest BCUT2D eigenvalue weighted by molar-refractivity contribution is 0.152. The summed E-state index contributed by atoms with van der Waals surface area (Å²) in [6, 6.07) is 3.48. The minimum absolute atomic E-state index is 0.269. The fourth-order valence-electron chi connectivity index (χ4n) is 1.41. The molecule has 1 aromatic rings. The summed E-state index contributed by atoms with van der Waals surface area (Å²) >= 11 is 5.96. The summed E-state index contributed by atoms with van der Waals surface area (Å²) in [5, 5.41) is 10.6. The number of nitrogens with two attached hydrogens (primary N) is 1. The van der Waals surface area contributed by atoms with Crippen molar-refractivity contribution in [2.75, 3.05) is 0 Å². The summed E-state index contributed by atoms with van der Waals surface area (Å²) < 4.78 is 0. The average molecular weight is 214 g/mol. The smallest absolute Gasteiger partial charge is 0.0940 e. The topological polar surface area (TPSA) is 46.2 Å². The second-order valence-electron chi connectivity index (χ2n) is 3.76. The van der Waals surface area contributed by atoms with Crippen LogP contribution >= 0.6 is 11.6 Å². The lowest BCUT2D eigenvalue weighted by atomic mass is 9.97. The molecule has 0 radical (unpaired) electrons. The first kappa shape index (κ1) is 11.5. The Hall–Kier alpha value is -0.570. The zero-order valence-electron chi connectivity index (χ0n) is 8.71. The molecular formula is C11H16ClNO. The number of benzene rings is 1. The zero-order chi connectivity index (χ0) is 10.9. The molecule has 0 aliphatic rings. The molecule has 1 rings (SSSR count). The van der Waals surface area contributed by atoms with Crippen LogP contribution in [0.3, 0.4) is 0 Å². The number of hydrogen-bond donors (Lipinski definition) is 2. The molecule has 0 saturated carbocycles. The van der Waals surface area contributed by atoms with Gasteiger partial charge < -0.3 is 10.8 Å². The SMILES string of the molecule is Cc1cc(C(O)C(C)N)c(C)cc1Cl. The van der Waals surface area contributed by atoms with Gasteiger partial charge in [0.05, 0.1) is 6.10 Å². The minimum Gasteiger partial charge on any atom is -0.387 e. The predicted molar refractivity (Wildman–Crippen MR) is 59.5 cm³/mol. The van der Waals surface area contributed by atoms with Crippen LogP contribution in [0.5, 0.6) is 0 Å². The summed E-state index contributed by atoms with van der Waals surface area (Å²) in [6.45, 7) is 5.62. The molecule has 2 atom stereocenters. The van der Waals surface area contributed by atoms with Crippen molar-refractivity contribution in [1.82, 2.24) is 0 Å². The zero-order valence-corrected chi connectivity index (χ0v) is 9.47. The van der Waals surface area contributed by atoms with Gasteiger partial charge in [0.2, 0.25) is 0 Å². The van der Waals surface area contributed by atoms with E-state index in [4.69, 9.17) is 17.3 Å². The second-order valence-corrected chi connectivity index (χ2v) is 4.17. The molecule has 0 aliphatic heterocycles. The molecule has 3 N–H and O–H groups in total. The van der Waals surface area contributed by atoms with Crippen molar-refractivity contribution in [3.63, 3.8) is 0 Å². The first-order chi connectivity index (χ1) is 6.43. The maximum Gasteiger partial charge on any atom is 0.0940 e. The Morgan fingerprint density at radius 3 is 2.36 bits per heavy atom. The van der Waals surface area contributed by atoms with Gasteiger partial charge >= 0.3 is 0 Å². The average Bonchev–Trinajstić information content (AvgIpc) is 2.10. The van der Waals surface area contributed by atoms with Crippen LogP contribution in [0.15, 0.2) is 12.1 Å². The molecule has 0 aliphatic carbocycles. The molecule has 0 aromatic heterocycles. The Balaban J connectivity index is 3.15. The van der Waals surface area contributed by atoms with E-state index in [1.165, 1.54) is 0 Å². The van der Waals surface area contributed by atoms with Crippen LogP contribution in [-0.2, 0) is 0 Å². The van der Waals surface area contributed by atoms with Gasteiger partial charge in [-0.3, -0.25) is 0 Å². The standard InChI is InChI=1S/C11H16ClNO/c1-6-5-10(12)7(2)4-9(6)11(14)8(3)13/h4-5,8,11,14H,13H2,1-3H3. The summed E-state index contributed by atoms with van der Waals surface area (Å²) in [5.74, 6) is 0. The highest BCUT2D eigenvalue weighted by Gasteiger charge is 2.15. The number of halogens is 1. The first-order valence-electron chi connectivity index (χ1n) is 4.63. The third-order valence-electron chi connectivity index (χ3n) is 2.36. The number of hydrogen-bond acceptors (Lipinski definition) is 2. The molecule has 0 spiro atoms. The Morgan fingerprint density at radius 1 is 1.29 bits per heavy atom. The third-order valence-corrected chi connectivity index (χ3v) is 2.77. The van der Waals surface area contributed by atoms with E-state index in [9.17, 15) is 5.11 Å². The fraction of sp³-hybridized carbons (Fsp3) is 0.455. The van der Waals surface area contributed by atoms with E-state index in [0.717, 1.165) is 21.7 Å². The lowest BCUT2D eigenvalue weighted by Crippen LogP contribution is -2.25. The molecule has 1 aromatic carbocycles. The highest BCUT2D eigenvalue weighted by molar-refractivity contribution is 6.31. The van der Waals surface area contributed by atoms with E-state index in [-0.39, 0.29) is 6.04 Å². The van der Waals surface area contributed by atoms with Gasteiger partial charge in [0, 0.05) is 11.1 Å². The molecule has 78 valence electrons. The highest BCUT2D eigenvalue weighted by Crippen LogP contribution is 2.26. The molecule has 0 amide bonds. The molecule has 0 heterocycles. The van der Waals surface area contributed by atoms with Gasteiger partial charge in [0.15, 0.2) is 0 Å². The normalized spacial score (nSPS) is 15.3. The highest BCUT2D eigenvalue weighted by atomic mass is 35.5. The Morgan fingerprint density at radius 2 is 1.86 bits per heavy atom. The van der Waals surface area contributed by atoms with Crippen LogP contribution in [0.25, 0.3) is 0 Å². The summed E-state index contributed by atoms with van der Waals surface area (Å²) in [7, 11) is 0. The molecule has 0 bridgehead atoms. The monoisotopic (exact) mass is 213 g/mol. The van der Waals surface area contributed by atoms with E-state index < -0.39 is 6.10 Å². The second kappa shape index (κ2) is 4.30. The van der Waals surface area contributed by atoms with E-state index in [0.29, 0.717) is 0 Å². The van der Waals surface area contributed by atoms with Gasteiger partial charge in [-0.1, -0.05) is 17.7 Å².